The van der Waals surface area contributed by atoms with Crippen LogP contribution < -0.4 is 15.0 Å². The molecule has 0 atom stereocenters. The Labute approximate surface area is 165 Å². The molecule has 29 heavy (non-hydrogen) atoms. The zero-order chi connectivity index (χ0) is 20.6. The standard InChI is InChI=1S/C20H18F3N5O/c1-12-7-13(14-10-16-18(25-11-14)28(2)5-6-29-16)9-15(8-12)26-19-24-4-3-17(27-19)20(21,22)23/h3-4,7-11H,5-6H2,1-2H3,(H,24,26,27). The highest BCUT2D eigenvalue weighted by Crippen LogP contribution is 2.34. The van der Waals surface area contributed by atoms with Gasteiger partial charge >= 0.3 is 6.18 Å². The maximum absolute atomic E-state index is 12.9. The van der Waals surface area contributed by atoms with Crippen molar-refractivity contribution in [1.82, 2.24) is 15.0 Å². The topological polar surface area (TPSA) is 63.2 Å². The molecular formula is C20H18F3N5O. The molecule has 1 N–H and O–H groups in total. The summed E-state index contributed by atoms with van der Waals surface area (Å²) in [4.78, 5) is 14.0. The molecule has 9 heteroatoms. The summed E-state index contributed by atoms with van der Waals surface area (Å²) in [5.74, 6) is 1.36. The number of likely N-dealkylation sites (N-methyl/N-ethyl adjacent to an activating group) is 1. The first kappa shape index (κ1) is 19.0. The molecule has 0 saturated heterocycles. The number of halogens is 3. The molecule has 0 unspecified atom stereocenters. The normalized spacial score (nSPS) is 13.6. The number of fused-ring (bicyclic) bond motifs is 1. The second-order valence-corrected chi connectivity index (χ2v) is 6.79. The lowest BCUT2D eigenvalue weighted by atomic mass is 10.0. The minimum absolute atomic E-state index is 0.120. The second kappa shape index (κ2) is 7.23. The lowest BCUT2D eigenvalue weighted by molar-refractivity contribution is -0.141. The van der Waals surface area contributed by atoms with Crippen LogP contribution in [0.25, 0.3) is 11.1 Å². The Kier molecular flexibility index (Phi) is 4.73. The first-order chi connectivity index (χ1) is 13.8. The third-order valence-corrected chi connectivity index (χ3v) is 4.49. The highest BCUT2D eigenvalue weighted by molar-refractivity contribution is 5.73. The summed E-state index contributed by atoms with van der Waals surface area (Å²) in [6.07, 6.45) is -1.70. The summed E-state index contributed by atoms with van der Waals surface area (Å²) >= 11 is 0. The summed E-state index contributed by atoms with van der Waals surface area (Å²) < 4.78 is 44.4. The first-order valence-corrected chi connectivity index (χ1v) is 8.93. The number of anilines is 3. The van der Waals surface area contributed by atoms with E-state index in [2.05, 4.69) is 20.3 Å². The molecule has 3 aromatic rings. The third kappa shape index (κ3) is 4.08. The van der Waals surface area contributed by atoms with Crippen molar-refractivity contribution in [3.8, 4) is 16.9 Å². The van der Waals surface area contributed by atoms with Gasteiger partial charge in [0.1, 0.15) is 12.3 Å². The van der Waals surface area contributed by atoms with Crippen LogP contribution in [-0.4, -0.2) is 35.2 Å². The van der Waals surface area contributed by atoms with Crippen molar-refractivity contribution in [2.45, 2.75) is 13.1 Å². The van der Waals surface area contributed by atoms with Gasteiger partial charge in [-0.05, 0) is 42.3 Å². The number of hydrogen-bond acceptors (Lipinski definition) is 6. The smallest absolute Gasteiger partial charge is 0.433 e. The van der Waals surface area contributed by atoms with Crippen molar-refractivity contribution in [3.05, 3.63) is 54.0 Å². The molecule has 0 amide bonds. The number of alkyl halides is 3. The Bertz CT molecular complexity index is 1050. The van der Waals surface area contributed by atoms with E-state index in [9.17, 15) is 13.2 Å². The Morgan fingerprint density at radius 2 is 1.93 bits per heavy atom. The molecule has 2 aromatic heterocycles. The van der Waals surface area contributed by atoms with Crippen LogP contribution >= 0.6 is 0 Å². The lowest BCUT2D eigenvalue weighted by Gasteiger charge is -2.26. The van der Waals surface area contributed by atoms with E-state index >= 15 is 0 Å². The Hall–Kier alpha value is -3.36. The van der Waals surface area contributed by atoms with Crippen LogP contribution in [0.3, 0.4) is 0 Å². The number of nitrogens with one attached hydrogen (secondary N) is 1. The van der Waals surface area contributed by atoms with Gasteiger partial charge < -0.3 is 15.0 Å². The number of ether oxygens (including phenoxy) is 1. The van der Waals surface area contributed by atoms with Crippen molar-refractivity contribution in [2.24, 2.45) is 0 Å². The maximum atomic E-state index is 12.9. The summed E-state index contributed by atoms with van der Waals surface area (Å²) in [6.45, 7) is 3.26. The number of nitrogens with zero attached hydrogens (tertiary/aromatic N) is 4. The van der Waals surface area contributed by atoms with E-state index in [1.165, 1.54) is 0 Å². The minimum Gasteiger partial charge on any atom is -0.488 e. The van der Waals surface area contributed by atoms with Crippen LogP contribution in [0.15, 0.2) is 42.7 Å². The highest BCUT2D eigenvalue weighted by atomic mass is 19.4. The van der Waals surface area contributed by atoms with Gasteiger partial charge in [0.25, 0.3) is 0 Å². The fourth-order valence-corrected chi connectivity index (χ4v) is 3.11. The molecule has 3 heterocycles. The van der Waals surface area contributed by atoms with Gasteiger partial charge in [-0.15, -0.1) is 0 Å². The quantitative estimate of drug-likeness (QED) is 0.700. The Morgan fingerprint density at radius 3 is 2.72 bits per heavy atom. The fraction of sp³-hybridized carbons (Fsp3) is 0.250. The van der Waals surface area contributed by atoms with Crippen molar-refractivity contribution >= 4 is 17.5 Å². The average molecular weight is 401 g/mol. The van der Waals surface area contributed by atoms with E-state index in [4.69, 9.17) is 4.74 Å². The molecule has 0 spiro atoms. The SMILES string of the molecule is Cc1cc(Nc2nccc(C(F)(F)F)n2)cc(-c2cnc3c(c2)OCCN3C)c1. The third-order valence-electron chi connectivity index (χ3n) is 4.49. The first-order valence-electron chi connectivity index (χ1n) is 8.93. The number of rotatable bonds is 3. The maximum Gasteiger partial charge on any atom is 0.433 e. The van der Waals surface area contributed by atoms with Gasteiger partial charge in [-0.1, -0.05) is 6.07 Å². The van der Waals surface area contributed by atoms with E-state index in [-0.39, 0.29) is 5.95 Å². The predicted octanol–water partition coefficient (Wildman–Crippen LogP) is 4.44. The van der Waals surface area contributed by atoms with Crippen LogP contribution in [0.4, 0.5) is 30.6 Å². The molecule has 4 rings (SSSR count). The molecule has 1 aliphatic rings. The van der Waals surface area contributed by atoms with Gasteiger partial charge in [-0.25, -0.2) is 15.0 Å². The molecule has 1 aromatic carbocycles. The molecule has 0 saturated carbocycles. The van der Waals surface area contributed by atoms with E-state index in [1.807, 2.05) is 43.1 Å². The highest BCUT2D eigenvalue weighted by Gasteiger charge is 2.32. The Morgan fingerprint density at radius 1 is 1.10 bits per heavy atom. The van der Waals surface area contributed by atoms with Crippen molar-refractivity contribution < 1.29 is 17.9 Å². The van der Waals surface area contributed by atoms with E-state index in [0.717, 1.165) is 41.3 Å². The van der Waals surface area contributed by atoms with Gasteiger partial charge in [-0.2, -0.15) is 13.2 Å². The largest absolute Gasteiger partial charge is 0.488 e. The molecule has 150 valence electrons. The summed E-state index contributed by atoms with van der Waals surface area (Å²) in [5.41, 5.74) is 2.20. The van der Waals surface area contributed by atoms with Crippen LogP contribution in [0.1, 0.15) is 11.3 Å². The van der Waals surface area contributed by atoms with Gasteiger partial charge in [-0.3, -0.25) is 0 Å². The van der Waals surface area contributed by atoms with Crippen molar-refractivity contribution in [3.63, 3.8) is 0 Å². The van der Waals surface area contributed by atoms with Crippen LogP contribution in [0.5, 0.6) is 5.75 Å². The number of hydrogen-bond donors (Lipinski definition) is 1. The Balaban J connectivity index is 1.65. The molecule has 1 aliphatic heterocycles. The van der Waals surface area contributed by atoms with E-state index in [0.29, 0.717) is 18.0 Å². The van der Waals surface area contributed by atoms with Gasteiger partial charge in [0.15, 0.2) is 11.6 Å². The van der Waals surface area contributed by atoms with Crippen LogP contribution in [0.2, 0.25) is 0 Å². The van der Waals surface area contributed by atoms with Crippen LogP contribution in [0, 0.1) is 6.92 Å². The molecular weight excluding hydrogens is 383 g/mol. The van der Waals surface area contributed by atoms with Crippen molar-refractivity contribution in [2.75, 3.05) is 30.4 Å². The summed E-state index contributed by atoms with van der Waals surface area (Å²) in [6, 6.07) is 8.34. The van der Waals surface area contributed by atoms with Gasteiger partial charge in [0, 0.05) is 30.7 Å². The second-order valence-electron chi connectivity index (χ2n) is 6.79. The zero-order valence-corrected chi connectivity index (χ0v) is 15.8. The predicted molar refractivity (Wildman–Crippen MR) is 103 cm³/mol. The van der Waals surface area contributed by atoms with E-state index < -0.39 is 11.9 Å². The lowest BCUT2D eigenvalue weighted by Crippen LogP contribution is -2.29. The zero-order valence-electron chi connectivity index (χ0n) is 15.8. The monoisotopic (exact) mass is 401 g/mol. The minimum atomic E-state index is -4.53. The average Bonchev–Trinajstić information content (AvgIpc) is 2.67. The number of aromatic nitrogens is 3. The molecule has 0 fully saturated rings. The van der Waals surface area contributed by atoms with Gasteiger partial charge in [0.2, 0.25) is 5.95 Å². The van der Waals surface area contributed by atoms with Crippen molar-refractivity contribution in [1.29, 1.82) is 0 Å². The van der Waals surface area contributed by atoms with E-state index in [1.54, 1.807) is 6.20 Å². The molecule has 0 bridgehead atoms. The molecule has 0 radical (unpaired) electrons. The number of benzene rings is 1. The molecule has 0 aliphatic carbocycles. The summed E-state index contributed by atoms with van der Waals surface area (Å²) in [5, 5.41) is 2.85. The number of pyridine rings is 1. The number of aryl methyl sites for hydroxylation is 1. The van der Waals surface area contributed by atoms with Crippen LogP contribution in [-0.2, 0) is 6.18 Å². The summed E-state index contributed by atoms with van der Waals surface area (Å²) in [7, 11) is 1.96. The van der Waals surface area contributed by atoms with Gasteiger partial charge in [0.05, 0.1) is 6.54 Å². The molecule has 6 nitrogen and oxygen atoms in total. The fourth-order valence-electron chi connectivity index (χ4n) is 3.11.